The fraction of sp³-hybridized carbons (Fsp3) is 1.00. The molecule has 26 heavy (non-hydrogen) atoms. The van der Waals surface area contributed by atoms with Crippen molar-refractivity contribution >= 4 is 24.2 Å². The fourth-order valence-corrected chi connectivity index (χ4v) is 3.82. The van der Waals surface area contributed by atoms with Crippen LogP contribution in [0.3, 0.4) is 0 Å². The van der Waals surface area contributed by atoms with Gasteiger partial charge in [0, 0.05) is 6.61 Å². The van der Waals surface area contributed by atoms with Crippen LogP contribution in [0.25, 0.3) is 0 Å². The van der Waals surface area contributed by atoms with Crippen LogP contribution in [0.5, 0.6) is 0 Å². The van der Waals surface area contributed by atoms with E-state index in [1.807, 2.05) is 9.62 Å². The van der Waals surface area contributed by atoms with Gasteiger partial charge in [-0.2, -0.15) is 8.42 Å². The van der Waals surface area contributed by atoms with E-state index >= 15 is 0 Å². The summed E-state index contributed by atoms with van der Waals surface area (Å²) in [5, 5.41) is 27.5. The minimum absolute atomic E-state index is 0.197. The number of aliphatic hydroxyl groups is 1. The van der Waals surface area contributed by atoms with Gasteiger partial charge in [-0.15, -0.1) is 0 Å². The first-order chi connectivity index (χ1) is 12.1. The lowest BCUT2D eigenvalue weighted by Gasteiger charge is -2.32. The van der Waals surface area contributed by atoms with Crippen molar-refractivity contribution in [3.8, 4) is 0 Å². The van der Waals surface area contributed by atoms with Crippen molar-refractivity contribution < 1.29 is 27.8 Å². The van der Waals surface area contributed by atoms with Crippen molar-refractivity contribution in [1.29, 1.82) is 0 Å². The van der Waals surface area contributed by atoms with Gasteiger partial charge in [-0.3, -0.25) is 4.18 Å². The van der Waals surface area contributed by atoms with E-state index in [-0.39, 0.29) is 26.2 Å². The molecule has 0 saturated carbocycles. The van der Waals surface area contributed by atoms with E-state index in [0.29, 0.717) is 12.5 Å². The minimum atomic E-state index is -3.34. The molecule has 152 valence electrons. The summed E-state index contributed by atoms with van der Waals surface area (Å²) in [4.78, 5) is 3.93. The molecule has 0 bridgehead atoms. The van der Waals surface area contributed by atoms with Crippen LogP contribution >= 0.6 is 0 Å². The summed E-state index contributed by atoms with van der Waals surface area (Å²) < 4.78 is 26.4. The van der Waals surface area contributed by atoms with Gasteiger partial charge in [0.15, 0.2) is 0 Å². The lowest BCUT2D eigenvalue weighted by Crippen LogP contribution is -2.45. The molecule has 0 radical (unpaired) electrons. The maximum atomic E-state index is 10.8. The molecule has 0 aromatic carbocycles. The van der Waals surface area contributed by atoms with Gasteiger partial charge in [0.25, 0.3) is 10.1 Å². The summed E-state index contributed by atoms with van der Waals surface area (Å²) in [6, 6.07) is 0. The van der Waals surface area contributed by atoms with Crippen molar-refractivity contribution in [2.75, 3.05) is 45.6 Å². The second kappa shape index (κ2) is 11.6. The molecule has 2 saturated heterocycles. The van der Waals surface area contributed by atoms with Gasteiger partial charge in [-0.05, 0) is 77.3 Å². The van der Waals surface area contributed by atoms with E-state index < -0.39 is 17.2 Å². The van der Waals surface area contributed by atoms with E-state index in [0.717, 1.165) is 51.6 Å². The molecule has 0 aliphatic carbocycles. The van der Waals surface area contributed by atoms with Gasteiger partial charge in [0.1, 0.15) is 0 Å². The van der Waals surface area contributed by atoms with Crippen LogP contribution in [0.15, 0.2) is 0 Å². The molecule has 2 aliphatic heterocycles. The lowest BCUT2D eigenvalue weighted by atomic mass is 9.81. The Balaban J connectivity index is 0.000000273. The highest BCUT2D eigenvalue weighted by Crippen LogP contribution is 2.18. The summed E-state index contributed by atoms with van der Waals surface area (Å²) in [5.41, 5.74) is 0. The largest absolute Gasteiger partial charge is 0.437 e. The quantitative estimate of drug-likeness (QED) is 0.413. The molecule has 0 aromatic heterocycles. The summed E-state index contributed by atoms with van der Waals surface area (Å²) >= 11 is 0. The smallest absolute Gasteiger partial charge is 0.376 e. The van der Waals surface area contributed by atoms with Crippen LogP contribution in [0, 0.1) is 11.8 Å². The molecule has 0 unspecified atom stereocenters. The minimum Gasteiger partial charge on any atom is -0.437 e. The molecule has 8 nitrogen and oxygen atoms in total. The zero-order valence-corrected chi connectivity index (χ0v) is 17.1. The number of rotatable bonds is 6. The van der Waals surface area contributed by atoms with Crippen molar-refractivity contribution in [3.05, 3.63) is 0 Å². The topological polar surface area (TPSA) is 111 Å². The normalized spacial score (nSPS) is 25.3. The maximum absolute atomic E-state index is 10.8. The lowest BCUT2D eigenvalue weighted by molar-refractivity contribution is 0.156. The summed E-state index contributed by atoms with van der Waals surface area (Å²) in [5.74, 6) is 0.571. The first kappa shape index (κ1) is 23.9. The van der Waals surface area contributed by atoms with E-state index in [9.17, 15) is 18.5 Å². The number of piperidine rings is 2. The fourth-order valence-electron chi connectivity index (χ4n) is 3.38. The molecule has 0 aromatic rings. The van der Waals surface area contributed by atoms with Crippen LogP contribution in [0.4, 0.5) is 0 Å². The molecule has 3 N–H and O–H groups in total. The van der Waals surface area contributed by atoms with Gasteiger partial charge < -0.3 is 24.8 Å². The molecule has 0 amide bonds. The summed E-state index contributed by atoms with van der Waals surface area (Å²) in [6.07, 6.45) is 5.18. The number of hydrogen-bond donors (Lipinski definition) is 3. The number of hydrogen-bond acceptors (Lipinski definition) is 8. The van der Waals surface area contributed by atoms with Crippen LogP contribution in [0.2, 0.25) is 13.6 Å². The van der Waals surface area contributed by atoms with Gasteiger partial charge >= 0.3 is 14.1 Å². The van der Waals surface area contributed by atoms with Gasteiger partial charge in [-0.1, -0.05) is 0 Å². The Hall–Kier alpha value is -0.160. The Morgan fingerprint density at radius 3 is 1.88 bits per heavy atom. The van der Waals surface area contributed by atoms with Crippen molar-refractivity contribution in [2.45, 2.75) is 39.3 Å². The second-order valence-corrected chi connectivity index (χ2v) is 9.09. The molecule has 0 spiro atoms. The molecule has 2 rings (SSSR count). The first-order valence-corrected chi connectivity index (χ1v) is 11.2. The highest BCUT2D eigenvalue weighted by molar-refractivity contribution is 7.85. The summed E-state index contributed by atoms with van der Waals surface area (Å²) in [6.45, 7) is 7.35. The molecule has 2 fully saturated rings. The van der Waals surface area contributed by atoms with Crippen molar-refractivity contribution in [1.82, 2.24) is 9.62 Å². The van der Waals surface area contributed by atoms with Gasteiger partial charge in [-0.25, -0.2) is 0 Å². The van der Waals surface area contributed by atoms with E-state index in [1.165, 1.54) is 0 Å². The van der Waals surface area contributed by atoms with Crippen molar-refractivity contribution in [3.63, 3.8) is 0 Å². The monoisotopic (exact) mass is 392 g/mol. The second-order valence-electron chi connectivity index (χ2n) is 7.44. The molecule has 2 atom stereocenters. The third-order valence-corrected chi connectivity index (χ3v) is 5.50. The maximum Gasteiger partial charge on any atom is 0.376 e. The van der Waals surface area contributed by atoms with E-state index in [1.54, 1.807) is 13.6 Å². The SMILES string of the molecule is CB(O)N1CCC[C@@H](CO)C1.CB(O)N1CCC[C@@H](COS(C)(=O)=O)C1. The molecular formula is C15H34B2N2O6S. The Labute approximate surface area is 158 Å². The average Bonchev–Trinajstić information content (AvgIpc) is 2.60. The van der Waals surface area contributed by atoms with Gasteiger partial charge in [0.05, 0.1) is 12.9 Å². The Morgan fingerprint density at radius 2 is 1.46 bits per heavy atom. The van der Waals surface area contributed by atoms with Gasteiger partial charge in [0.2, 0.25) is 0 Å². The number of nitrogens with zero attached hydrogens (tertiary/aromatic N) is 2. The first-order valence-electron chi connectivity index (χ1n) is 9.42. The Bertz CT molecular complexity index is 495. The Kier molecular flexibility index (Phi) is 10.7. The van der Waals surface area contributed by atoms with Crippen molar-refractivity contribution in [2.24, 2.45) is 11.8 Å². The summed E-state index contributed by atoms with van der Waals surface area (Å²) in [7, 11) is -4.17. The van der Waals surface area contributed by atoms with Crippen LogP contribution < -0.4 is 0 Å². The van der Waals surface area contributed by atoms with Crippen LogP contribution in [0.1, 0.15) is 25.7 Å². The predicted molar refractivity (Wildman–Crippen MR) is 104 cm³/mol. The third-order valence-electron chi connectivity index (χ3n) is 4.93. The standard InChI is InChI=1S/C8H18BNO4S.C7H16BNO2/c1-9(11)10-5-3-4-8(6-10)7-14-15(2,12)13;1-8(11)9-4-2-3-7(5-9)6-10/h8,11H,3-7H2,1-2H3;7,10-11H,2-6H2,1H3/t8-;7-/m11/s1. The van der Waals surface area contributed by atoms with Crippen LogP contribution in [-0.4, -0.2) is 92.9 Å². The van der Waals surface area contributed by atoms with E-state index in [4.69, 9.17) is 9.29 Å². The predicted octanol–water partition coefficient (Wildman–Crippen LogP) is -0.414. The molecule has 2 aliphatic rings. The van der Waals surface area contributed by atoms with Crippen LogP contribution in [-0.2, 0) is 14.3 Å². The zero-order chi connectivity index (χ0) is 19.7. The molecule has 11 heteroatoms. The highest BCUT2D eigenvalue weighted by atomic mass is 32.2. The highest BCUT2D eigenvalue weighted by Gasteiger charge is 2.26. The molecular weight excluding hydrogens is 358 g/mol. The number of aliphatic hydroxyl groups excluding tert-OH is 1. The van der Waals surface area contributed by atoms with E-state index in [2.05, 4.69) is 0 Å². The third kappa shape index (κ3) is 9.68. The average molecular weight is 392 g/mol. The molecule has 2 heterocycles. The zero-order valence-electron chi connectivity index (χ0n) is 16.2. The Morgan fingerprint density at radius 1 is 1.00 bits per heavy atom.